The predicted molar refractivity (Wildman–Crippen MR) is 122 cm³/mol. The topological polar surface area (TPSA) is 144 Å². The smallest absolute Gasteiger partial charge is 0.353 e. The van der Waals surface area contributed by atoms with Crippen LogP contribution >= 0.6 is 0 Å². The molecule has 1 saturated heterocycles. The Balaban J connectivity index is 1.40. The number of rotatable bonds is 8. The van der Waals surface area contributed by atoms with Crippen LogP contribution in [0.15, 0.2) is 35.5 Å². The first-order chi connectivity index (χ1) is 17.0. The van der Waals surface area contributed by atoms with Crippen molar-refractivity contribution in [1.29, 1.82) is 5.26 Å². The first-order valence-corrected chi connectivity index (χ1v) is 11.7. The summed E-state index contributed by atoms with van der Waals surface area (Å²) in [6.07, 6.45) is 0.0310. The largest absolute Gasteiger partial charge is 0.477 e. The molecule has 2 heterocycles. The van der Waals surface area contributed by atoms with Gasteiger partial charge in [-0.2, -0.15) is 5.26 Å². The number of piperidine rings is 1. The molecule has 10 nitrogen and oxygen atoms in total. The van der Waals surface area contributed by atoms with Gasteiger partial charge < -0.3 is 25.5 Å². The minimum absolute atomic E-state index is 0.0863. The molecule has 0 unspecified atom stereocenters. The van der Waals surface area contributed by atoms with E-state index in [9.17, 15) is 28.4 Å². The molecule has 0 bridgehead atoms. The van der Waals surface area contributed by atoms with Crippen molar-refractivity contribution in [3.63, 3.8) is 0 Å². The van der Waals surface area contributed by atoms with Crippen molar-refractivity contribution in [3.8, 4) is 6.07 Å². The average molecular weight is 504 g/mol. The van der Waals surface area contributed by atoms with Crippen LogP contribution < -0.4 is 10.6 Å². The molecule has 3 amide bonds. The summed E-state index contributed by atoms with van der Waals surface area (Å²) < 4.78 is 29.9. The highest BCUT2D eigenvalue weighted by Gasteiger charge is 2.48. The molecule has 0 radical (unpaired) electrons. The van der Waals surface area contributed by atoms with Gasteiger partial charge in [0, 0.05) is 45.2 Å². The number of nitriles is 1. The lowest BCUT2D eigenvalue weighted by molar-refractivity contribution is -0.129. The second-order valence-corrected chi connectivity index (χ2v) is 9.69. The summed E-state index contributed by atoms with van der Waals surface area (Å²) in [4.78, 5) is 43.7. The lowest BCUT2D eigenvalue weighted by Crippen LogP contribution is -2.57. The van der Waals surface area contributed by atoms with E-state index in [0.717, 1.165) is 0 Å². The number of carboxylic acid groups (broad SMARTS) is 1. The van der Waals surface area contributed by atoms with E-state index in [1.54, 1.807) is 30.3 Å². The van der Waals surface area contributed by atoms with Gasteiger partial charge in [-0.15, -0.1) is 0 Å². The molecule has 1 aromatic rings. The summed E-state index contributed by atoms with van der Waals surface area (Å²) in [6, 6.07) is 7.85. The van der Waals surface area contributed by atoms with Crippen LogP contribution in [0.3, 0.4) is 0 Å². The van der Waals surface area contributed by atoms with Crippen molar-refractivity contribution in [3.05, 3.63) is 35.9 Å². The second-order valence-electron chi connectivity index (χ2n) is 9.69. The Labute approximate surface area is 206 Å². The number of carboxylic acids is 1. The maximum Gasteiger partial charge on any atom is 0.353 e. The molecule has 1 aromatic carbocycles. The number of amides is 3. The molecule has 12 heteroatoms. The average Bonchev–Trinajstić information content (AvgIpc) is 3.49. The third-order valence-corrected chi connectivity index (χ3v) is 6.80. The van der Waals surface area contributed by atoms with Gasteiger partial charge in [-0.05, 0) is 18.4 Å². The summed E-state index contributed by atoms with van der Waals surface area (Å²) >= 11 is 0. The Hall–Kier alpha value is -3.75. The fraction of sp³-hybridized carbons (Fsp3) is 0.542. The maximum absolute atomic E-state index is 15.0. The van der Waals surface area contributed by atoms with Crippen molar-refractivity contribution in [1.82, 2.24) is 15.5 Å². The van der Waals surface area contributed by atoms with Crippen molar-refractivity contribution in [2.75, 3.05) is 13.1 Å². The molecule has 36 heavy (non-hydrogen) atoms. The van der Waals surface area contributed by atoms with E-state index in [1.165, 1.54) is 4.90 Å². The Morgan fingerprint density at radius 1 is 1.19 bits per heavy atom. The number of aliphatic carboxylic acids is 1. The van der Waals surface area contributed by atoms with Gasteiger partial charge in [0.2, 0.25) is 5.91 Å². The van der Waals surface area contributed by atoms with Gasteiger partial charge in [0.1, 0.15) is 17.2 Å². The molecule has 3 aliphatic rings. The zero-order valence-electron chi connectivity index (χ0n) is 19.5. The molecule has 2 fully saturated rings. The van der Waals surface area contributed by atoms with Gasteiger partial charge in [-0.25, -0.2) is 18.4 Å². The minimum Gasteiger partial charge on any atom is -0.477 e. The zero-order chi connectivity index (χ0) is 26.0. The molecule has 1 saturated carbocycles. The number of nitrogens with one attached hydrogen (secondary N) is 2. The highest BCUT2D eigenvalue weighted by Crippen LogP contribution is 2.36. The van der Waals surface area contributed by atoms with Crippen LogP contribution in [0.5, 0.6) is 0 Å². The van der Waals surface area contributed by atoms with E-state index >= 15 is 0 Å². The van der Waals surface area contributed by atoms with Crippen molar-refractivity contribution in [2.24, 2.45) is 5.16 Å². The Morgan fingerprint density at radius 3 is 2.42 bits per heavy atom. The molecule has 3 N–H and O–H groups in total. The van der Waals surface area contributed by atoms with E-state index in [2.05, 4.69) is 15.8 Å². The third-order valence-electron chi connectivity index (χ3n) is 6.80. The monoisotopic (exact) mass is 503 g/mol. The number of carbonyl (C=O) groups is 3. The van der Waals surface area contributed by atoms with Crippen LogP contribution in [0.25, 0.3) is 0 Å². The Kier molecular flexibility index (Phi) is 6.84. The number of hydrogen-bond acceptors (Lipinski definition) is 6. The first-order valence-electron chi connectivity index (χ1n) is 11.7. The van der Waals surface area contributed by atoms with Crippen molar-refractivity contribution >= 4 is 23.6 Å². The van der Waals surface area contributed by atoms with E-state index in [0.29, 0.717) is 31.2 Å². The lowest BCUT2D eigenvalue weighted by Gasteiger charge is -2.37. The van der Waals surface area contributed by atoms with Crippen LogP contribution in [0.2, 0.25) is 0 Å². The number of nitrogens with zero attached hydrogens (tertiary/aromatic N) is 3. The van der Waals surface area contributed by atoms with Gasteiger partial charge in [0.25, 0.3) is 5.92 Å². The van der Waals surface area contributed by atoms with Crippen LogP contribution in [0.4, 0.5) is 13.6 Å². The number of carbonyl (C=O) groups excluding carboxylic acids is 2. The number of likely N-dealkylation sites (tertiary alicyclic amines) is 1. The summed E-state index contributed by atoms with van der Waals surface area (Å²) in [5.41, 5.74) is -1.58. The fourth-order valence-electron chi connectivity index (χ4n) is 4.45. The Bertz CT molecular complexity index is 1090. The van der Waals surface area contributed by atoms with Crippen molar-refractivity contribution in [2.45, 2.75) is 68.1 Å². The molecule has 4 rings (SSSR count). The van der Waals surface area contributed by atoms with Crippen LogP contribution in [-0.2, 0) is 20.8 Å². The summed E-state index contributed by atoms with van der Waals surface area (Å²) in [5, 5.41) is 26.9. The van der Waals surface area contributed by atoms with Gasteiger partial charge in [0.15, 0.2) is 5.71 Å². The molecular weight excluding hydrogens is 476 g/mol. The van der Waals surface area contributed by atoms with E-state index < -0.39 is 53.9 Å². The van der Waals surface area contributed by atoms with E-state index in [-0.39, 0.29) is 25.2 Å². The summed E-state index contributed by atoms with van der Waals surface area (Å²) in [6.45, 7) is 0.344. The van der Waals surface area contributed by atoms with Gasteiger partial charge in [0.05, 0.1) is 6.07 Å². The number of hydrogen-bond donors (Lipinski definition) is 3. The third kappa shape index (κ3) is 5.90. The number of alkyl halides is 2. The van der Waals surface area contributed by atoms with Crippen molar-refractivity contribution < 1.29 is 33.1 Å². The highest BCUT2D eigenvalue weighted by molar-refractivity contribution is 6.36. The molecule has 1 atom stereocenters. The van der Waals surface area contributed by atoms with Gasteiger partial charge in [-0.3, -0.25) is 4.79 Å². The molecule has 0 aromatic heterocycles. The summed E-state index contributed by atoms with van der Waals surface area (Å²) in [5.74, 6) is -5.29. The highest BCUT2D eigenvalue weighted by atomic mass is 19.3. The van der Waals surface area contributed by atoms with Crippen LogP contribution in [0, 0.1) is 11.3 Å². The molecule has 1 spiro atoms. The lowest BCUT2D eigenvalue weighted by atomic mass is 9.87. The van der Waals surface area contributed by atoms with Crippen LogP contribution in [-0.4, -0.2) is 69.8 Å². The molecule has 1 aliphatic carbocycles. The Morgan fingerprint density at radius 2 is 1.86 bits per heavy atom. The number of urea groups is 1. The van der Waals surface area contributed by atoms with Gasteiger partial charge in [-0.1, -0.05) is 35.5 Å². The molecular formula is C24H27F2N5O5. The number of benzene rings is 1. The van der Waals surface area contributed by atoms with E-state index in [1.807, 2.05) is 6.07 Å². The number of oxime groups is 1. The standard InChI is InChI=1S/C24H27F2N5O5/c25-24(26,12-16-4-2-1-3-5-16)14-17(19(32)29-22(15-27)6-7-22)28-21(35)31-10-8-23(9-11-31)13-18(20(33)34)30-36-23/h1-5,17H,6-14H2,(H,28,35)(H,29,32)(H,33,34)/t17-/m0/s1. The second kappa shape index (κ2) is 9.72. The van der Waals surface area contributed by atoms with Gasteiger partial charge >= 0.3 is 12.0 Å². The zero-order valence-corrected chi connectivity index (χ0v) is 19.5. The quantitative estimate of drug-likeness (QED) is 0.496. The summed E-state index contributed by atoms with van der Waals surface area (Å²) in [7, 11) is 0. The van der Waals surface area contributed by atoms with E-state index in [4.69, 9.17) is 9.94 Å². The SMILES string of the molecule is N#CC1(NC(=O)[C@H](CC(F)(F)Cc2ccccc2)NC(=O)N2CCC3(CC2)CC(C(=O)O)=NO3)CC1. The normalized spacial score (nSPS) is 20.5. The first kappa shape index (κ1) is 25.3. The maximum atomic E-state index is 15.0. The molecule has 2 aliphatic heterocycles. The fourth-order valence-corrected chi connectivity index (χ4v) is 4.45. The minimum atomic E-state index is -3.30. The predicted octanol–water partition coefficient (Wildman–Crippen LogP) is 2.20. The van der Waals surface area contributed by atoms with Crippen LogP contribution in [0.1, 0.15) is 44.1 Å². The number of halogens is 2. The molecule has 192 valence electrons.